The summed E-state index contributed by atoms with van der Waals surface area (Å²) < 4.78 is 0. The van der Waals surface area contributed by atoms with Crippen LogP contribution in [0.25, 0.3) is 0 Å². The van der Waals surface area contributed by atoms with Crippen LogP contribution in [0.4, 0.5) is 0 Å². The summed E-state index contributed by atoms with van der Waals surface area (Å²) in [5.41, 5.74) is 0.776. The molecule has 3 heteroatoms. The fourth-order valence-corrected chi connectivity index (χ4v) is 2.86. The van der Waals surface area contributed by atoms with Crippen LogP contribution in [0.2, 0.25) is 0 Å². The third-order valence-corrected chi connectivity index (χ3v) is 4.11. The lowest BCUT2D eigenvalue weighted by molar-refractivity contribution is -0.150. The van der Waals surface area contributed by atoms with Gasteiger partial charge in [-0.15, -0.1) is 0 Å². The number of hydrogen-bond acceptors (Lipinski definition) is 2. The summed E-state index contributed by atoms with van der Waals surface area (Å²) in [6.07, 6.45) is 3.09. The Hall–Kier alpha value is -1.12. The van der Waals surface area contributed by atoms with Crippen LogP contribution in [-0.4, -0.2) is 16.9 Å². The molecule has 0 aromatic carbocycles. The summed E-state index contributed by atoms with van der Waals surface area (Å²) >= 11 is 0. The zero-order valence-electron chi connectivity index (χ0n) is 9.17. The van der Waals surface area contributed by atoms with Gasteiger partial charge >= 0.3 is 5.97 Å². The Kier molecular flexibility index (Phi) is 2.21. The molecule has 0 aromatic heterocycles. The molecule has 0 heterocycles. The summed E-state index contributed by atoms with van der Waals surface area (Å²) in [5.74, 6) is -0.741. The highest BCUT2D eigenvalue weighted by atomic mass is 16.4. The monoisotopic (exact) mass is 208 g/mol. The van der Waals surface area contributed by atoms with Crippen molar-refractivity contribution in [2.24, 2.45) is 11.3 Å². The second-order valence-corrected chi connectivity index (χ2v) is 4.85. The largest absolute Gasteiger partial charge is 0.481 e. The Bertz CT molecular complexity index is 367. The quantitative estimate of drug-likeness (QED) is 0.718. The molecule has 0 aliphatic heterocycles. The smallest absolute Gasteiger partial charge is 0.314 e. The average Bonchev–Trinajstić information content (AvgIpc) is 2.54. The van der Waals surface area contributed by atoms with E-state index in [0.717, 1.165) is 24.8 Å². The molecule has 0 saturated carbocycles. The number of rotatable bonds is 1. The van der Waals surface area contributed by atoms with Gasteiger partial charge in [0.05, 0.1) is 5.41 Å². The van der Waals surface area contributed by atoms with Gasteiger partial charge in [-0.05, 0) is 32.1 Å². The molecule has 15 heavy (non-hydrogen) atoms. The maximum absolute atomic E-state index is 11.8. The van der Waals surface area contributed by atoms with E-state index in [1.54, 1.807) is 6.92 Å². The van der Waals surface area contributed by atoms with E-state index in [4.69, 9.17) is 0 Å². The molecule has 1 N–H and O–H groups in total. The Morgan fingerprint density at radius 1 is 1.40 bits per heavy atom. The Balaban J connectivity index is 2.54. The van der Waals surface area contributed by atoms with E-state index in [1.165, 1.54) is 0 Å². The molecule has 2 atom stereocenters. The van der Waals surface area contributed by atoms with Crippen LogP contribution in [-0.2, 0) is 9.59 Å². The van der Waals surface area contributed by atoms with E-state index in [-0.39, 0.29) is 11.7 Å². The Morgan fingerprint density at radius 2 is 2.07 bits per heavy atom. The van der Waals surface area contributed by atoms with Crippen molar-refractivity contribution in [3.8, 4) is 0 Å². The minimum atomic E-state index is -0.943. The van der Waals surface area contributed by atoms with Gasteiger partial charge in [-0.1, -0.05) is 12.5 Å². The first-order chi connectivity index (χ1) is 6.98. The molecule has 0 bridgehead atoms. The standard InChI is InChI=1S/C12H16O3/c1-7-3-4-8-5-6-9(13)10(8)12(7,2)11(14)15/h7H,3-6H2,1-2H3,(H,14,15). The minimum absolute atomic E-state index is 0.0517. The van der Waals surface area contributed by atoms with Gasteiger partial charge in [0, 0.05) is 12.0 Å². The summed E-state index contributed by atoms with van der Waals surface area (Å²) in [7, 11) is 0. The number of carboxylic acid groups (broad SMARTS) is 1. The number of allylic oxidation sites excluding steroid dienone is 1. The molecule has 2 aliphatic rings. The lowest BCUT2D eigenvalue weighted by atomic mass is 9.65. The summed E-state index contributed by atoms with van der Waals surface area (Å²) in [6.45, 7) is 3.64. The van der Waals surface area contributed by atoms with Crippen LogP contribution < -0.4 is 0 Å². The number of carboxylic acids is 1. The van der Waals surface area contributed by atoms with E-state index < -0.39 is 11.4 Å². The SMILES string of the molecule is CC1CCC2=C(C(=O)CC2)C1(C)C(=O)O. The third kappa shape index (κ3) is 1.25. The van der Waals surface area contributed by atoms with Crippen LogP contribution in [0.3, 0.4) is 0 Å². The van der Waals surface area contributed by atoms with Crippen LogP contribution in [0, 0.1) is 11.3 Å². The fraction of sp³-hybridized carbons (Fsp3) is 0.667. The van der Waals surface area contributed by atoms with E-state index in [1.807, 2.05) is 6.92 Å². The van der Waals surface area contributed by atoms with Crippen LogP contribution in [0.1, 0.15) is 39.5 Å². The van der Waals surface area contributed by atoms with Crippen molar-refractivity contribution in [3.63, 3.8) is 0 Å². The van der Waals surface area contributed by atoms with Crippen molar-refractivity contribution < 1.29 is 14.7 Å². The van der Waals surface area contributed by atoms with E-state index in [0.29, 0.717) is 12.0 Å². The Morgan fingerprint density at radius 3 is 2.67 bits per heavy atom. The van der Waals surface area contributed by atoms with Gasteiger partial charge in [-0.2, -0.15) is 0 Å². The van der Waals surface area contributed by atoms with Crippen molar-refractivity contribution in [1.29, 1.82) is 0 Å². The summed E-state index contributed by atoms with van der Waals surface area (Å²) in [4.78, 5) is 23.1. The predicted molar refractivity (Wildman–Crippen MR) is 55.4 cm³/mol. The first-order valence-electron chi connectivity index (χ1n) is 5.47. The average molecular weight is 208 g/mol. The van der Waals surface area contributed by atoms with Gasteiger partial charge in [0.25, 0.3) is 0 Å². The van der Waals surface area contributed by atoms with Gasteiger partial charge in [0.2, 0.25) is 0 Å². The second kappa shape index (κ2) is 3.19. The van der Waals surface area contributed by atoms with Gasteiger partial charge in [0.15, 0.2) is 5.78 Å². The maximum atomic E-state index is 11.8. The maximum Gasteiger partial charge on any atom is 0.314 e. The highest BCUT2D eigenvalue weighted by molar-refractivity contribution is 6.05. The molecule has 2 rings (SSSR count). The van der Waals surface area contributed by atoms with Gasteiger partial charge in [-0.25, -0.2) is 0 Å². The number of carbonyl (C=O) groups is 2. The van der Waals surface area contributed by atoms with E-state index >= 15 is 0 Å². The summed E-state index contributed by atoms with van der Waals surface area (Å²) in [5, 5.41) is 9.35. The van der Waals surface area contributed by atoms with Crippen LogP contribution in [0.15, 0.2) is 11.1 Å². The number of ketones is 1. The van der Waals surface area contributed by atoms with Crippen molar-refractivity contribution in [1.82, 2.24) is 0 Å². The van der Waals surface area contributed by atoms with Crippen LogP contribution in [0.5, 0.6) is 0 Å². The molecule has 0 radical (unpaired) electrons. The number of hydrogen-bond donors (Lipinski definition) is 1. The molecule has 0 aromatic rings. The molecular weight excluding hydrogens is 192 g/mol. The normalized spacial score (nSPS) is 35.6. The van der Waals surface area contributed by atoms with Crippen LogP contribution >= 0.6 is 0 Å². The van der Waals surface area contributed by atoms with Gasteiger partial charge < -0.3 is 5.11 Å². The van der Waals surface area contributed by atoms with Gasteiger partial charge in [-0.3, -0.25) is 9.59 Å². The highest BCUT2D eigenvalue weighted by Crippen LogP contribution is 2.49. The first kappa shape index (κ1) is 10.4. The van der Waals surface area contributed by atoms with Gasteiger partial charge in [0.1, 0.15) is 0 Å². The van der Waals surface area contributed by atoms with E-state index in [9.17, 15) is 14.7 Å². The van der Waals surface area contributed by atoms with Crippen molar-refractivity contribution >= 4 is 11.8 Å². The number of carbonyl (C=O) groups excluding carboxylic acids is 1. The number of aliphatic carboxylic acids is 1. The molecule has 2 unspecified atom stereocenters. The topological polar surface area (TPSA) is 54.4 Å². The molecule has 82 valence electrons. The summed E-state index contributed by atoms with van der Waals surface area (Å²) in [6, 6.07) is 0. The molecule has 0 fully saturated rings. The highest BCUT2D eigenvalue weighted by Gasteiger charge is 2.50. The molecule has 3 nitrogen and oxygen atoms in total. The van der Waals surface area contributed by atoms with E-state index in [2.05, 4.69) is 0 Å². The third-order valence-electron chi connectivity index (χ3n) is 4.11. The van der Waals surface area contributed by atoms with Crippen molar-refractivity contribution in [3.05, 3.63) is 11.1 Å². The zero-order chi connectivity index (χ0) is 11.2. The molecule has 0 saturated heterocycles. The zero-order valence-corrected chi connectivity index (χ0v) is 9.17. The van der Waals surface area contributed by atoms with Crippen molar-refractivity contribution in [2.45, 2.75) is 39.5 Å². The molecule has 0 spiro atoms. The first-order valence-corrected chi connectivity index (χ1v) is 5.47. The second-order valence-electron chi connectivity index (χ2n) is 4.85. The molecule has 2 aliphatic carbocycles. The fourth-order valence-electron chi connectivity index (χ4n) is 2.86. The van der Waals surface area contributed by atoms with Crippen molar-refractivity contribution in [2.75, 3.05) is 0 Å². The molecular formula is C12H16O3. The predicted octanol–water partition coefficient (Wildman–Crippen LogP) is 2.17. The lowest BCUT2D eigenvalue weighted by Crippen LogP contribution is -2.40. The number of Topliss-reactive ketones (excluding diaryl/α,β-unsaturated/α-hetero) is 1. The lowest BCUT2D eigenvalue weighted by Gasteiger charge is -2.37. The molecule has 0 amide bonds. The Labute approximate surface area is 89.2 Å². The minimum Gasteiger partial charge on any atom is -0.481 e.